The standard InChI is InChI=1S/C17H25N3O3/c1-19(13-17(22)23)12-16(21)18-10-14-4-6-15(7-5-14)11-20-8-2-3-9-20/h4-7H,2-3,8-13H2,1H3,(H,18,21)(H,22,23). The fourth-order valence-electron chi connectivity index (χ4n) is 2.75. The van der Waals surface area contributed by atoms with Crippen molar-refractivity contribution in [1.82, 2.24) is 15.1 Å². The van der Waals surface area contributed by atoms with Gasteiger partial charge in [-0.1, -0.05) is 24.3 Å². The third-order valence-corrected chi connectivity index (χ3v) is 3.94. The Morgan fingerprint density at radius 2 is 1.74 bits per heavy atom. The molecule has 1 aromatic rings. The Morgan fingerprint density at radius 3 is 2.35 bits per heavy atom. The number of amides is 1. The van der Waals surface area contributed by atoms with E-state index < -0.39 is 5.97 Å². The van der Waals surface area contributed by atoms with Crippen LogP contribution in [0, 0.1) is 0 Å². The Morgan fingerprint density at radius 1 is 1.13 bits per heavy atom. The molecule has 0 unspecified atom stereocenters. The molecule has 2 rings (SSSR count). The summed E-state index contributed by atoms with van der Waals surface area (Å²) in [6.07, 6.45) is 2.58. The Balaban J connectivity index is 1.72. The van der Waals surface area contributed by atoms with Gasteiger partial charge in [0.25, 0.3) is 0 Å². The van der Waals surface area contributed by atoms with Gasteiger partial charge in [0.2, 0.25) is 5.91 Å². The number of nitrogens with one attached hydrogen (secondary N) is 1. The highest BCUT2D eigenvalue weighted by molar-refractivity contribution is 5.78. The lowest BCUT2D eigenvalue weighted by Crippen LogP contribution is -2.37. The van der Waals surface area contributed by atoms with E-state index in [0.29, 0.717) is 6.54 Å². The van der Waals surface area contributed by atoms with Crippen LogP contribution in [0.5, 0.6) is 0 Å². The van der Waals surface area contributed by atoms with Gasteiger partial charge in [0.05, 0.1) is 13.1 Å². The molecule has 23 heavy (non-hydrogen) atoms. The summed E-state index contributed by atoms with van der Waals surface area (Å²) in [6.45, 7) is 3.76. The second-order valence-electron chi connectivity index (χ2n) is 6.14. The molecule has 1 amide bonds. The number of carbonyl (C=O) groups is 2. The Kier molecular flexibility index (Phi) is 6.55. The molecule has 0 bridgehead atoms. The Labute approximate surface area is 137 Å². The molecular weight excluding hydrogens is 294 g/mol. The SMILES string of the molecule is CN(CC(=O)O)CC(=O)NCc1ccc(CN2CCCC2)cc1. The summed E-state index contributed by atoms with van der Waals surface area (Å²) in [5.74, 6) is -1.11. The first-order chi connectivity index (χ1) is 11.0. The van der Waals surface area contributed by atoms with Gasteiger partial charge < -0.3 is 10.4 Å². The van der Waals surface area contributed by atoms with Crippen LogP contribution in [0.15, 0.2) is 24.3 Å². The number of aliphatic carboxylic acids is 1. The minimum absolute atomic E-state index is 0.0827. The molecule has 1 heterocycles. The molecule has 1 fully saturated rings. The number of hydrogen-bond acceptors (Lipinski definition) is 4. The summed E-state index contributed by atoms with van der Waals surface area (Å²) >= 11 is 0. The van der Waals surface area contributed by atoms with Crippen molar-refractivity contribution in [3.8, 4) is 0 Å². The van der Waals surface area contributed by atoms with Crippen molar-refractivity contribution >= 4 is 11.9 Å². The molecule has 0 spiro atoms. The van der Waals surface area contributed by atoms with E-state index in [2.05, 4.69) is 22.3 Å². The van der Waals surface area contributed by atoms with E-state index in [1.54, 1.807) is 7.05 Å². The van der Waals surface area contributed by atoms with E-state index in [1.807, 2.05) is 12.1 Å². The monoisotopic (exact) mass is 319 g/mol. The number of benzene rings is 1. The van der Waals surface area contributed by atoms with Crippen LogP contribution in [-0.2, 0) is 22.7 Å². The quantitative estimate of drug-likeness (QED) is 0.745. The van der Waals surface area contributed by atoms with Gasteiger partial charge in [-0.3, -0.25) is 19.4 Å². The summed E-state index contributed by atoms with van der Waals surface area (Å²) in [7, 11) is 1.61. The summed E-state index contributed by atoms with van der Waals surface area (Å²) in [6, 6.07) is 8.28. The zero-order valence-corrected chi connectivity index (χ0v) is 13.6. The minimum Gasteiger partial charge on any atom is -0.480 e. The van der Waals surface area contributed by atoms with Crippen LogP contribution in [0.2, 0.25) is 0 Å². The van der Waals surface area contributed by atoms with Crippen LogP contribution < -0.4 is 5.32 Å². The van der Waals surface area contributed by atoms with Gasteiger partial charge in [0, 0.05) is 13.1 Å². The minimum atomic E-state index is -0.936. The molecule has 1 aromatic carbocycles. The number of carbonyl (C=O) groups excluding carboxylic acids is 1. The number of rotatable bonds is 8. The average molecular weight is 319 g/mol. The van der Waals surface area contributed by atoms with Gasteiger partial charge in [-0.05, 0) is 44.1 Å². The summed E-state index contributed by atoms with van der Waals surface area (Å²) < 4.78 is 0. The molecule has 0 radical (unpaired) electrons. The van der Waals surface area contributed by atoms with Crippen LogP contribution in [0.25, 0.3) is 0 Å². The maximum absolute atomic E-state index is 11.8. The van der Waals surface area contributed by atoms with Gasteiger partial charge >= 0.3 is 5.97 Å². The van der Waals surface area contributed by atoms with Crippen LogP contribution in [0.1, 0.15) is 24.0 Å². The fraction of sp³-hybridized carbons (Fsp3) is 0.529. The second-order valence-corrected chi connectivity index (χ2v) is 6.14. The maximum atomic E-state index is 11.8. The number of carboxylic acids is 1. The second kappa shape index (κ2) is 8.64. The topological polar surface area (TPSA) is 72.9 Å². The van der Waals surface area contributed by atoms with E-state index in [9.17, 15) is 9.59 Å². The smallest absolute Gasteiger partial charge is 0.317 e. The van der Waals surface area contributed by atoms with Crippen LogP contribution in [-0.4, -0.2) is 60.0 Å². The highest BCUT2D eigenvalue weighted by Gasteiger charge is 2.12. The molecule has 6 nitrogen and oxygen atoms in total. The molecule has 1 saturated heterocycles. The first-order valence-corrected chi connectivity index (χ1v) is 8.00. The van der Waals surface area contributed by atoms with Crippen molar-refractivity contribution in [1.29, 1.82) is 0 Å². The number of hydrogen-bond donors (Lipinski definition) is 2. The normalized spacial score (nSPS) is 15.0. The average Bonchev–Trinajstić information content (AvgIpc) is 2.98. The van der Waals surface area contributed by atoms with E-state index in [1.165, 1.54) is 36.4 Å². The zero-order chi connectivity index (χ0) is 16.7. The lowest BCUT2D eigenvalue weighted by atomic mass is 10.1. The van der Waals surface area contributed by atoms with E-state index in [-0.39, 0.29) is 19.0 Å². The number of likely N-dealkylation sites (N-methyl/N-ethyl adjacent to an activating group) is 1. The van der Waals surface area contributed by atoms with Gasteiger partial charge in [-0.25, -0.2) is 0 Å². The van der Waals surface area contributed by atoms with Gasteiger partial charge in [0.1, 0.15) is 0 Å². The van der Waals surface area contributed by atoms with Gasteiger partial charge in [-0.2, -0.15) is 0 Å². The highest BCUT2D eigenvalue weighted by atomic mass is 16.4. The predicted octanol–water partition coefficient (Wildman–Crippen LogP) is 0.915. The number of likely N-dealkylation sites (tertiary alicyclic amines) is 1. The third-order valence-electron chi connectivity index (χ3n) is 3.94. The molecule has 126 valence electrons. The van der Waals surface area contributed by atoms with Crippen molar-refractivity contribution in [3.63, 3.8) is 0 Å². The molecule has 6 heteroatoms. The van der Waals surface area contributed by atoms with Crippen LogP contribution >= 0.6 is 0 Å². The van der Waals surface area contributed by atoms with Crippen LogP contribution in [0.3, 0.4) is 0 Å². The lowest BCUT2D eigenvalue weighted by molar-refractivity contribution is -0.138. The first-order valence-electron chi connectivity index (χ1n) is 8.00. The van der Waals surface area contributed by atoms with E-state index in [4.69, 9.17) is 5.11 Å². The molecule has 2 N–H and O–H groups in total. The van der Waals surface area contributed by atoms with Crippen molar-refractivity contribution in [2.45, 2.75) is 25.9 Å². The van der Waals surface area contributed by atoms with E-state index >= 15 is 0 Å². The molecule has 0 atom stereocenters. The largest absolute Gasteiger partial charge is 0.480 e. The summed E-state index contributed by atoms with van der Waals surface area (Å²) in [5, 5.41) is 11.5. The zero-order valence-electron chi connectivity index (χ0n) is 13.6. The van der Waals surface area contributed by atoms with Crippen LogP contribution in [0.4, 0.5) is 0 Å². The van der Waals surface area contributed by atoms with Crippen molar-refractivity contribution in [2.24, 2.45) is 0 Å². The molecule has 0 aromatic heterocycles. The molecule has 0 saturated carbocycles. The molecule has 0 aliphatic carbocycles. The first kappa shape index (κ1) is 17.4. The highest BCUT2D eigenvalue weighted by Crippen LogP contribution is 2.13. The van der Waals surface area contributed by atoms with E-state index in [0.717, 1.165) is 12.1 Å². The van der Waals surface area contributed by atoms with Crippen molar-refractivity contribution in [2.75, 3.05) is 33.2 Å². The third kappa shape index (κ3) is 6.38. The number of carboxylic acid groups (broad SMARTS) is 1. The lowest BCUT2D eigenvalue weighted by Gasteiger charge is -2.15. The number of nitrogens with zero attached hydrogens (tertiary/aromatic N) is 2. The summed E-state index contributed by atoms with van der Waals surface area (Å²) in [4.78, 5) is 26.2. The molecule has 1 aliphatic heterocycles. The molecular formula is C17H25N3O3. The summed E-state index contributed by atoms with van der Waals surface area (Å²) in [5.41, 5.74) is 2.34. The Bertz CT molecular complexity index is 524. The predicted molar refractivity (Wildman–Crippen MR) is 87.9 cm³/mol. The maximum Gasteiger partial charge on any atom is 0.317 e. The fourth-order valence-corrected chi connectivity index (χ4v) is 2.75. The molecule has 1 aliphatic rings. The Hall–Kier alpha value is -1.92. The van der Waals surface area contributed by atoms with Crippen molar-refractivity contribution < 1.29 is 14.7 Å². The van der Waals surface area contributed by atoms with Gasteiger partial charge in [0.15, 0.2) is 0 Å². The van der Waals surface area contributed by atoms with Crippen molar-refractivity contribution in [3.05, 3.63) is 35.4 Å². The van der Waals surface area contributed by atoms with Gasteiger partial charge in [-0.15, -0.1) is 0 Å².